The second-order valence-electron chi connectivity index (χ2n) is 7.72. The van der Waals surface area contributed by atoms with Gasteiger partial charge >= 0.3 is 5.97 Å². The van der Waals surface area contributed by atoms with Crippen molar-refractivity contribution in [2.75, 3.05) is 0 Å². The summed E-state index contributed by atoms with van der Waals surface area (Å²) in [6, 6.07) is 9.68. The van der Waals surface area contributed by atoms with Crippen LogP contribution in [0.15, 0.2) is 24.3 Å². The molecule has 0 aliphatic heterocycles. The number of nitriles is 1. The minimum Gasteiger partial charge on any atom is -0.449 e. The molecule has 1 amide bonds. The molecule has 6 heteroatoms. The van der Waals surface area contributed by atoms with Gasteiger partial charge in [0.2, 0.25) is 0 Å². The largest absolute Gasteiger partial charge is 0.449 e. The summed E-state index contributed by atoms with van der Waals surface area (Å²) in [5.74, 6) is -0.985. The van der Waals surface area contributed by atoms with Gasteiger partial charge in [0.25, 0.3) is 5.91 Å². The van der Waals surface area contributed by atoms with E-state index in [1.54, 1.807) is 6.92 Å². The van der Waals surface area contributed by atoms with Gasteiger partial charge < -0.3 is 10.1 Å². The Morgan fingerprint density at radius 2 is 1.97 bits per heavy atom. The van der Waals surface area contributed by atoms with Gasteiger partial charge in [-0.05, 0) is 44.7 Å². The predicted octanol–water partition coefficient (Wildman–Crippen LogP) is 3.99. The van der Waals surface area contributed by atoms with Crippen molar-refractivity contribution in [1.82, 2.24) is 10.3 Å². The van der Waals surface area contributed by atoms with E-state index in [1.807, 2.05) is 38.1 Å². The van der Waals surface area contributed by atoms with Gasteiger partial charge in [-0.1, -0.05) is 44.4 Å². The molecule has 0 radical (unpaired) electrons. The number of hydrogen-bond donors (Lipinski definition) is 1. The lowest BCUT2D eigenvalue weighted by atomic mass is 9.83. The lowest BCUT2D eigenvalue weighted by Gasteiger charge is -2.32. The van der Waals surface area contributed by atoms with Crippen molar-refractivity contribution in [3.05, 3.63) is 41.1 Å². The summed E-state index contributed by atoms with van der Waals surface area (Å²) in [6.45, 7) is 5.38. The van der Waals surface area contributed by atoms with E-state index in [-0.39, 0.29) is 0 Å². The summed E-state index contributed by atoms with van der Waals surface area (Å²) >= 11 is 0. The first-order valence-corrected chi connectivity index (χ1v) is 10.2. The number of aromatic nitrogens is 1. The third kappa shape index (κ3) is 4.24. The minimum atomic E-state index is -0.994. The number of nitrogens with zero attached hydrogens (tertiary/aromatic N) is 2. The van der Waals surface area contributed by atoms with Crippen LogP contribution in [0.2, 0.25) is 0 Å². The third-order valence-electron chi connectivity index (χ3n) is 5.71. The SMILES string of the molecule is CCc1nc2ccccc2c(C(=O)O[C@H](C)C(=O)NC2(C#N)CCCCC2)c1C. The molecule has 1 atom stereocenters. The number of benzene rings is 1. The third-order valence-corrected chi connectivity index (χ3v) is 5.71. The van der Waals surface area contributed by atoms with Crippen LogP contribution in [0.3, 0.4) is 0 Å². The molecule has 29 heavy (non-hydrogen) atoms. The number of rotatable bonds is 5. The monoisotopic (exact) mass is 393 g/mol. The molecule has 1 heterocycles. The van der Waals surface area contributed by atoms with Crippen LogP contribution < -0.4 is 5.32 Å². The van der Waals surface area contributed by atoms with Crippen molar-refractivity contribution in [1.29, 1.82) is 5.26 Å². The molecule has 3 rings (SSSR count). The Morgan fingerprint density at radius 1 is 1.28 bits per heavy atom. The molecular weight excluding hydrogens is 366 g/mol. The molecule has 1 aromatic heterocycles. The minimum absolute atomic E-state index is 0.437. The number of aryl methyl sites for hydroxylation is 1. The molecule has 2 aromatic rings. The Balaban J connectivity index is 1.82. The lowest BCUT2D eigenvalue weighted by molar-refractivity contribution is -0.130. The maximum atomic E-state index is 13.0. The summed E-state index contributed by atoms with van der Waals surface area (Å²) in [6.07, 6.45) is 3.84. The van der Waals surface area contributed by atoms with Gasteiger partial charge in [-0.25, -0.2) is 4.79 Å². The van der Waals surface area contributed by atoms with Crippen molar-refractivity contribution in [3.63, 3.8) is 0 Å². The van der Waals surface area contributed by atoms with Crippen LogP contribution in [-0.2, 0) is 16.0 Å². The molecule has 0 spiro atoms. The van der Waals surface area contributed by atoms with Crippen molar-refractivity contribution in [2.45, 2.75) is 70.9 Å². The highest BCUT2D eigenvalue weighted by atomic mass is 16.5. The van der Waals surface area contributed by atoms with Gasteiger partial charge in [-0.15, -0.1) is 0 Å². The Morgan fingerprint density at radius 3 is 2.62 bits per heavy atom. The van der Waals surface area contributed by atoms with Crippen molar-refractivity contribution in [3.8, 4) is 6.07 Å². The number of esters is 1. The molecule has 1 aromatic carbocycles. The number of fused-ring (bicyclic) bond motifs is 1. The van der Waals surface area contributed by atoms with Gasteiger partial charge in [0.15, 0.2) is 6.10 Å². The number of carbonyl (C=O) groups is 2. The van der Waals surface area contributed by atoms with E-state index < -0.39 is 23.5 Å². The van der Waals surface area contributed by atoms with Crippen LogP contribution in [0.4, 0.5) is 0 Å². The number of amides is 1. The van der Waals surface area contributed by atoms with E-state index in [0.29, 0.717) is 30.2 Å². The van der Waals surface area contributed by atoms with Crippen LogP contribution in [0.1, 0.15) is 67.6 Å². The molecule has 0 saturated heterocycles. The van der Waals surface area contributed by atoms with E-state index in [4.69, 9.17) is 4.74 Å². The molecule has 152 valence electrons. The number of para-hydroxylation sites is 1. The maximum Gasteiger partial charge on any atom is 0.339 e. The van der Waals surface area contributed by atoms with Crippen molar-refractivity contribution in [2.24, 2.45) is 0 Å². The number of nitrogens with one attached hydrogen (secondary N) is 1. The van der Waals surface area contributed by atoms with E-state index >= 15 is 0 Å². The fourth-order valence-electron chi connectivity index (χ4n) is 4.00. The summed E-state index contributed by atoms with van der Waals surface area (Å²) in [5, 5.41) is 13.1. The zero-order chi connectivity index (χ0) is 21.0. The smallest absolute Gasteiger partial charge is 0.339 e. The average molecular weight is 393 g/mol. The zero-order valence-corrected chi connectivity index (χ0v) is 17.2. The van der Waals surface area contributed by atoms with Gasteiger partial charge in [0.05, 0.1) is 17.1 Å². The predicted molar refractivity (Wildman–Crippen MR) is 110 cm³/mol. The van der Waals surface area contributed by atoms with E-state index in [1.165, 1.54) is 0 Å². The highest BCUT2D eigenvalue weighted by Gasteiger charge is 2.35. The lowest BCUT2D eigenvalue weighted by Crippen LogP contribution is -2.52. The van der Waals surface area contributed by atoms with Crippen molar-refractivity contribution < 1.29 is 14.3 Å². The van der Waals surface area contributed by atoms with Crippen LogP contribution in [-0.4, -0.2) is 28.5 Å². The fourth-order valence-corrected chi connectivity index (χ4v) is 4.00. The Hall–Kier alpha value is -2.94. The summed E-state index contributed by atoms with van der Waals surface area (Å²) in [7, 11) is 0. The fraction of sp³-hybridized carbons (Fsp3) is 0.478. The van der Waals surface area contributed by atoms with Crippen LogP contribution in [0, 0.1) is 18.3 Å². The summed E-state index contributed by atoms with van der Waals surface area (Å²) in [4.78, 5) is 30.3. The highest BCUT2D eigenvalue weighted by Crippen LogP contribution is 2.28. The molecule has 0 bridgehead atoms. The topological polar surface area (TPSA) is 92.1 Å². The van der Waals surface area contributed by atoms with Crippen LogP contribution in [0.5, 0.6) is 0 Å². The molecule has 1 N–H and O–H groups in total. The van der Waals surface area contributed by atoms with Gasteiger partial charge in [-0.2, -0.15) is 5.26 Å². The molecular formula is C23H27N3O3. The normalized spacial score (nSPS) is 16.6. The number of pyridine rings is 1. The van der Waals surface area contributed by atoms with E-state index in [2.05, 4.69) is 16.4 Å². The number of carbonyl (C=O) groups excluding carboxylic acids is 2. The second-order valence-corrected chi connectivity index (χ2v) is 7.72. The molecule has 0 unspecified atom stereocenters. The Bertz CT molecular complexity index is 971. The zero-order valence-electron chi connectivity index (χ0n) is 17.2. The van der Waals surface area contributed by atoms with Gasteiger partial charge in [0.1, 0.15) is 5.54 Å². The quantitative estimate of drug-likeness (QED) is 0.775. The Labute approximate surface area is 171 Å². The first-order valence-electron chi connectivity index (χ1n) is 10.2. The average Bonchev–Trinajstić information content (AvgIpc) is 2.73. The first-order chi connectivity index (χ1) is 13.9. The molecule has 6 nitrogen and oxygen atoms in total. The standard InChI is InChI=1S/C23H27N3O3/c1-4-18-15(2)20(17-10-6-7-11-19(17)25-18)22(28)29-16(3)21(27)26-23(14-24)12-8-5-9-13-23/h6-7,10-11,16H,4-5,8-9,12-13H2,1-3H3,(H,26,27)/t16-/m1/s1. The second kappa shape index (κ2) is 8.60. The first kappa shape index (κ1) is 20.8. The van der Waals surface area contributed by atoms with Gasteiger partial charge in [-0.3, -0.25) is 9.78 Å². The van der Waals surface area contributed by atoms with Crippen LogP contribution in [0.25, 0.3) is 10.9 Å². The number of hydrogen-bond acceptors (Lipinski definition) is 5. The number of ether oxygens (including phenoxy) is 1. The summed E-state index contributed by atoms with van der Waals surface area (Å²) < 4.78 is 5.53. The van der Waals surface area contributed by atoms with E-state index in [0.717, 1.165) is 36.0 Å². The molecule has 1 saturated carbocycles. The maximum absolute atomic E-state index is 13.0. The van der Waals surface area contributed by atoms with Crippen molar-refractivity contribution >= 4 is 22.8 Å². The molecule has 1 aliphatic rings. The van der Waals surface area contributed by atoms with Crippen LogP contribution >= 0.6 is 0 Å². The van der Waals surface area contributed by atoms with Gasteiger partial charge in [0, 0.05) is 11.1 Å². The van der Waals surface area contributed by atoms with E-state index in [9.17, 15) is 14.9 Å². The highest BCUT2D eigenvalue weighted by molar-refractivity contribution is 6.05. The summed E-state index contributed by atoms with van der Waals surface area (Å²) in [5.41, 5.74) is 1.91. The molecule has 1 fully saturated rings. The Kier molecular flexibility index (Phi) is 6.17. The molecule has 1 aliphatic carbocycles.